The molecule has 1 aromatic heterocycles. The first kappa shape index (κ1) is 12.6. The number of hydrogen-bond acceptors (Lipinski definition) is 3. The molecule has 17 heavy (non-hydrogen) atoms. The van der Waals surface area contributed by atoms with E-state index in [9.17, 15) is 0 Å². The number of rotatable bonds is 4. The molecule has 3 nitrogen and oxygen atoms in total. The molecule has 4 heteroatoms. The normalized spacial score (nSPS) is 15.5. The highest BCUT2D eigenvalue weighted by Gasteiger charge is 2.21. The number of alkyl halides is 1. The van der Waals surface area contributed by atoms with Crippen molar-refractivity contribution in [2.45, 2.75) is 51.5 Å². The Hall–Kier alpha value is -0.830. The third kappa shape index (κ3) is 3.09. The molecule has 0 aromatic carbocycles. The topological polar surface area (TPSA) is 37.8 Å². The molecule has 0 amide bonds. The summed E-state index contributed by atoms with van der Waals surface area (Å²) in [5, 5.41) is 3.51. The molecular weight excluding hydrogens is 234 g/mol. The van der Waals surface area contributed by atoms with Crippen molar-refractivity contribution in [3.8, 4) is 0 Å². The average Bonchev–Trinajstić information content (AvgIpc) is 2.29. The highest BCUT2D eigenvalue weighted by molar-refractivity contribution is 6.17. The largest absolute Gasteiger partial charge is 0.365 e. The zero-order valence-corrected chi connectivity index (χ0v) is 11.3. The van der Waals surface area contributed by atoms with Crippen LogP contribution < -0.4 is 5.32 Å². The minimum absolute atomic E-state index is 0.0126. The molecule has 0 atom stereocenters. The first-order chi connectivity index (χ1) is 8.12. The summed E-state index contributed by atoms with van der Waals surface area (Å²) in [5.74, 6) is 1.66. The van der Waals surface area contributed by atoms with Crippen molar-refractivity contribution >= 4 is 17.4 Å². The smallest absolute Gasteiger partial charge is 0.133 e. The molecule has 1 aliphatic carbocycles. The van der Waals surface area contributed by atoms with Crippen LogP contribution in [0.5, 0.6) is 0 Å². The van der Waals surface area contributed by atoms with Crippen molar-refractivity contribution < 1.29 is 0 Å². The Morgan fingerprint density at radius 3 is 2.82 bits per heavy atom. The van der Waals surface area contributed by atoms with Crippen LogP contribution in [-0.2, 0) is 12.8 Å². The van der Waals surface area contributed by atoms with Crippen LogP contribution in [0.25, 0.3) is 0 Å². The Balaban J connectivity index is 2.21. The fourth-order valence-corrected chi connectivity index (χ4v) is 2.72. The van der Waals surface area contributed by atoms with Gasteiger partial charge in [-0.2, -0.15) is 0 Å². The minimum atomic E-state index is -0.0126. The highest BCUT2D eigenvalue weighted by Crippen LogP contribution is 2.27. The minimum Gasteiger partial charge on any atom is -0.365 e. The van der Waals surface area contributed by atoms with Gasteiger partial charge in [0, 0.05) is 22.7 Å². The van der Waals surface area contributed by atoms with Crippen LogP contribution in [0.4, 0.5) is 5.82 Å². The van der Waals surface area contributed by atoms with E-state index >= 15 is 0 Å². The monoisotopic (exact) mass is 253 g/mol. The van der Waals surface area contributed by atoms with Crippen LogP contribution >= 0.6 is 11.6 Å². The van der Waals surface area contributed by atoms with Gasteiger partial charge in [0.15, 0.2) is 0 Å². The summed E-state index contributed by atoms with van der Waals surface area (Å²) in [6, 6.07) is 0. The molecule has 0 radical (unpaired) electrons. The van der Waals surface area contributed by atoms with E-state index < -0.39 is 0 Å². The van der Waals surface area contributed by atoms with E-state index in [0.29, 0.717) is 5.88 Å². The maximum Gasteiger partial charge on any atom is 0.133 e. The number of aromatic nitrogens is 2. The summed E-state index contributed by atoms with van der Waals surface area (Å²) in [5.41, 5.74) is 2.51. The second kappa shape index (κ2) is 5.21. The first-order valence-corrected chi connectivity index (χ1v) is 6.83. The molecule has 2 rings (SSSR count). The van der Waals surface area contributed by atoms with Crippen molar-refractivity contribution in [3.05, 3.63) is 17.6 Å². The third-order valence-electron chi connectivity index (χ3n) is 3.30. The Labute approximate surface area is 108 Å². The van der Waals surface area contributed by atoms with E-state index in [1.807, 2.05) is 0 Å². The van der Waals surface area contributed by atoms with Gasteiger partial charge in [-0.05, 0) is 46.0 Å². The predicted octanol–water partition coefficient (Wildman–Crippen LogP) is 3.17. The number of anilines is 1. The molecule has 1 aromatic rings. The van der Waals surface area contributed by atoms with Gasteiger partial charge in [0.05, 0.1) is 0 Å². The summed E-state index contributed by atoms with van der Waals surface area (Å²) in [4.78, 5) is 8.77. The van der Waals surface area contributed by atoms with Crippen molar-refractivity contribution in [2.75, 3.05) is 11.2 Å². The maximum absolute atomic E-state index is 5.82. The summed E-state index contributed by atoms with van der Waals surface area (Å²) >= 11 is 5.82. The Bertz CT molecular complexity index is 390. The van der Waals surface area contributed by atoms with E-state index in [4.69, 9.17) is 11.6 Å². The van der Waals surface area contributed by atoms with E-state index in [-0.39, 0.29) is 5.54 Å². The van der Waals surface area contributed by atoms with Crippen molar-refractivity contribution in [3.63, 3.8) is 0 Å². The lowest BCUT2D eigenvalue weighted by atomic mass is 9.95. The van der Waals surface area contributed by atoms with Crippen LogP contribution in [-0.4, -0.2) is 21.4 Å². The molecule has 1 N–H and O–H groups in total. The summed E-state index contributed by atoms with van der Waals surface area (Å²) < 4.78 is 0. The molecule has 0 fully saturated rings. The van der Waals surface area contributed by atoms with Gasteiger partial charge in [-0.25, -0.2) is 9.97 Å². The molecule has 0 unspecified atom stereocenters. The highest BCUT2D eigenvalue weighted by atomic mass is 35.5. The molecule has 1 aliphatic rings. The standard InChI is InChI=1S/C13H20ClN3/c1-13(2,7-8-14)17-12-10-5-3-4-6-11(10)15-9-16-12/h9H,3-8H2,1-2H3,(H,15,16,17). The zero-order valence-electron chi connectivity index (χ0n) is 10.6. The van der Waals surface area contributed by atoms with Crippen LogP contribution in [0.2, 0.25) is 0 Å². The predicted molar refractivity (Wildman–Crippen MR) is 71.7 cm³/mol. The van der Waals surface area contributed by atoms with E-state index in [0.717, 1.165) is 25.1 Å². The quantitative estimate of drug-likeness (QED) is 0.838. The molecule has 94 valence electrons. The molecule has 0 spiro atoms. The summed E-state index contributed by atoms with van der Waals surface area (Å²) in [7, 11) is 0. The van der Waals surface area contributed by atoms with Gasteiger partial charge in [-0.15, -0.1) is 11.6 Å². The molecule has 0 saturated heterocycles. The van der Waals surface area contributed by atoms with Gasteiger partial charge < -0.3 is 5.32 Å². The van der Waals surface area contributed by atoms with Crippen LogP contribution in [0.1, 0.15) is 44.4 Å². The Morgan fingerprint density at radius 2 is 2.06 bits per heavy atom. The van der Waals surface area contributed by atoms with Gasteiger partial charge in [0.25, 0.3) is 0 Å². The Kier molecular flexibility index (Phi) is 3.87. The fraction of sp³-hybridized carbons (Fsp3) is 0.692. The molecule has 0 saturated carbocycles. The van der Waals surface area contributed by atoms with Gasteiger partial charge in [-0.3, -0.25) is 0 Å². The lowest BCUT2D eigenvalue weighted by molar-refractivity contribution is 0.544. The van der Waals surface area contributed by atoms with Crippen LogP contribution in [0.15, 0.2) is 6.33 Å². The number of fused-ring (bicyclic) bond motifs is 1. The SMILES string of the molecule is CC(C)(CCCl)Nc1ncnc2c1CCCC2. The van der Waals surface area contributed by atoms with Gasteiger partial charge in [0.2, 0.25) is 0 Å². The second-order valence-corrected chi connectivity index (χ2v) is 5.68. The molecule has 1 heterocycles. The lowest BCUT2D eigenvalue weighted by Gasteiger charge is -2.28. The Morgan fingerprint density at radius 1 is 1.29 bits per heavy atom. The number of aryl methyl sites for hydroxylation is 1. The number of nitrogens with zero attached hydrogens (tertiary/aromatic N) is 2. The molecular formula is C13H20ClN3. The van der Waals surface area contributed by atoms with E-state index in [2.05, 4.69) is 29.1 Å². The van der Waals surface area contributed by atoms with Gasteiger partial charge in [-0.1, -0.05) is 0 Å². The van der Waals surface area contributed by atoms with E-state index in [1.54, 1.807) is 6.33 Å². The second-order valence-electron chi connectivity index (χ2n) is 5.30. The average molecular weight is 254 g/mol. The molecule has 0 bridgehead atoms. The van der Waals surface area contributed by atoms with Gasteiger partial charge in [0.1, 0.15) is 12.1 Å². The number of halogens is 1. The third-order valence-corrected chi connectivity index (χ3v) is 3.49. The van der Waals surface area contributed by atoms with Crippen LogP contribution in [0, 0.1) is 0 Å². The first-order valence-electron chi connectivity index (χ1n) is 6.29. The van der Waals surface area contributed by atoms with Crippen molar-refractivity contribution in [1.29, 1.82) is 0 Å². The van der Waals surface area contributed by atoms with Crippen molar-refractivity contribution in [2.24, 2.45) is 0 Å². The molecule has 0 aliphatic heterocycles. The van der Waals surface area contributed by atoms with E-state index in [1.165, 1.54) is 24.1 Å². The fourth-order valence-electron chi connectivity index (χ4n) is 2.25. The van der Waals surface area contributed by atoms with Gasteiger partial charge >= 0.3 is 0 Å². The number of nitrogens with one attached hydrogen (secondary N) is 1. The summed E-state index contributed by atoms with van der Waals surface area (Å²) in [6.45, 7) is 4.32. The zero-order chi connectivity index (χ0) is 12.3. The number of hydrogen-bond donors (Lipinski definition) is 1. The maximum atomic E-state index is 5.82. The van der Waals surface area contributed by atoms with Crippen molar-refractivity contribution in [1.82, 2.24) is 9.97 Å². The van der Waals surface area contributed by atoms with Crippen LogP contribution in [0.3, 0.4) is 0 Å². The summed E-state index contributed by atoms with van der Waals surface area (Å²) in [6.07, 6.45) is 7.26. The lowest BCUT2D eigenvalue weighted by Crippen LogP contribution is -2.32.